The second-order valence-corrected chi connectivity index (χ2v) is 4.66. The number of hydrogen-bond acceptors (Lipinski definition) is 5. The van der Waals surface area contributed by atoms with Crippen LogP contribution in [-0.4, -0.2) is 38.9 Å². The first-order valence-electron chi connectivity index (χ1n) is 5.14. The van der Waals surface area contributed by atoms with Crippen molar-refractivity contribution < 1.29 is 9.90 Å². The van der Waals surface area contributed by atoms with Crippen molar-refractivity contribution in [3.8, 4) is 0 Å². The lowest BCUT2D eigenvalue weighted by molar-refractivity contribution is -0.143. The van der Waals surface area contributed by atoms with E-state index in [4.69, 9.17) is 5.11 Å². The van der Waals surface area contributed by atoms with Gasteiger partial charge in [0.05, 0.1) is 0 Å². The number of hydrogen-bond donors (Lipinski definition) is 3. The van der Waals surface area contributed by atoms with Crippen LogP contribution in [-0.2, 0) is 4.79 Å². The van der Waals surface area contributed by atoms with E-state index in [1.165, 1.54) is 24.0 Å². The Morgan fingerprint density at radius 1 is 1.71 bits per heavy atom. The van der Waals surface area contributed by atoms with Gasteiger partial charge in [-0.2, -0.15) is 0 Å². The van der Waals surface area contributed by atoms with E-state index >= 15 is 0 Å². The molecule has 1 unspecified atom stereocenters. The molecule has 0 spiro atoms. The Labute approximate surface area is 103 Å². The van der Waals surface area contributed by atoms with Crippen molar-refractivity contribution in [1.29, 1.82) is 0 Å². The predicted octanol–water partition coefficient (Wildman–Crippen LogP) is 0.315. The molecule has 0 fully saturated rings. The molecule has 0 radical (unpaired) electrons. The van der Waals surface area contributed by atoms with Gasteiger partial charge in [0.25, 0.3) is 5.56 Å². The van der Waals surface area contributed by atoms with E-state index in [0.717, 1.165) is 0 Å². The van der Waals surface area contributed by atoms with Gasteiger partial charge in [-0.15, -0.1) is 0 Å². The second-order valence-electron chi connectivity index (χ2n) is 3.70. The Hall–Kier alpha value is -1.34. The molecular formula is C10H15N3O3S. The monoisotopic (exact) mass is 257 g/mol. The smallest absolute Gasteiger partial charge is 0.324 e. The normalized spacial score (nSPS) is 14.2. The van der Waals surface area contributed by atoms with E-state index in [1.807, 2.05) is 6.92 Å². The number of thioether (sulfide) groups is 1. The SMILES string of the molecule is CCNC(C)(CSc1nccc(=O)[nH]1)C(=O)O. The summed E-state index contributed by atoms with van der Waals surface area (Å²) < 4.78 is 0. The highest BCUT2D eigenvalue weighted by molar-refractivity contribution is 7.99. The van der Waals surface area contributed by atoms with E-state index in [2.05, 4.69) is 15.3 Å². The largest absolute Gasteiger partial charge is 0.480 e. The molecule has 0 saturated heterocycles. The molecule has 0 bridgehead atoms. The van der Waals surface area contributed by atoms with Crippen LogP contribution < -0.4 is 10.9 Å². The third-order valence-corrected chi connectivity index (χ3v) is 3.39. The number of carbonyl (C=O) groups is 1. The van der Waals surface area contributed by atoms with Crippen molar-refractivity contribution in [3.63, 3.8) is 0 Å². The van der Waals surface area contributed by atoms with Crippen LogP contribution in [0.15, 0.2) is 22.2 Å². The number of nitrogens with one attached hydrogen (secondary N) is 2. The Bertz CT molecular complexity index is 448. The minimum Gasteiger partial charge on any atom is -0.480 e. The Morgan fingerprint density at radius 3 is 2.94 bits per heavy atom. The van der Waals surface area contributed by atoms with Crippen molar-refractivity contribution >= 4 is 17.7 Å². The average molecular weight is 257 g/mol. The summed E-state index contributed by atoms with van der Waals surface area (Å²) in [6, 6.07) is 1.31. The lowest BCUT2D eigenvalue weighted by Gasteiger charge is -2.24. The van der Waals surface area contributed by atoms with Gasteiger partial charge in [0, 0.05) is 18.0 Å². The topological polar surface area (TPSA) is 95.1 Å². The Morgan fingerprint density at radius 2 is 2.41 bits per heavy atom. The summed E-state index contributed by atoms with van der Waals surface area (Å²) in [5, 5.41) is 12.5. The van der Waals surface area contributed by atoms with Crippen molar-refractivity contribution in [2.24, 2.45) is 0 Å². The highest BCUT2D eigenvalue weighted by Gasteiger charge is 2.32. The summed E-state index contributed by atoms with van der Waals surface area (Å²) in [6.07, 6.45) is 1.40. The van der Waals surface area contributed by atoms with E-state index in [0.29, 0.717) is 11.7 Å². The van der Waals surface area contributed by atoms with Crippen molar-refractivity contribution in [3.05, 3.63) is 22.6 Å². The summed E-state index contributed by atoms with van der Waals surface area (Å²) in [4.78, 5) is 28.7. The predicted molar refractivity (Wildman–Crippen MR) is 65.3 cm³/mol. The molecule has 0 aliphatic carbocycles. The van der Waals surface area contributed by atoms with Gasteiger partial charge in [-0.25, -0.2) is 4.98 Å². The standard InChI is InChI=1S/C10H15N3O3S/c1-3-12-10(2,8(15)16)6-17-9-11-5-4-7(14)13-9/h4-5,12H,3,6H2,1-2H3,(H,15,16)(H,11,13,14). The maximum atomic E-state index is 11.1. The maximum Gasteiger partial charge on any atom is 0.324 e. The molecule has 17 heavy (non-hydrogen) atoms. The fourth-order valence-electron chi connectivity index (χ4n) is 1.22. The molecule has 1 rings (SSSR count). The first-order valence-corrected chi connectivity index (χ1v) is 6.13. The number of carboxylic acid groups (broad SMARTS) is 1. The van der Waals surface area contributed by atoms with Crippen LogP contribution in [0.5, 0.6) is 0 Å². The molecule has 1 aromatic rings. The number of aromatic amines is 1. The second kappa shape index (κ2) is 5.83. The lowest BCUT2D eigenvalue weighted by Crippen LogP contribution is -2.51. The van der Waals surface area contributed by atoms with E-state index in [1.54, 1.807) is 6.92 Å². The number of likely N-dealkylation sites (N-methyl/N-ethyl adjacent to an activating group) is 1. The van der Waals surface area contributed by atoms with Gasteiger partial charge < -0.3 is 15.4 Å². The highest BCUT2D eigenvalue weighted by atomic mass is 32.2. The van der Waals surface area contributed by atoms with Crippen LogP contribution in [0.3, 0.4) is 0 Å². The van der Waals surface area contributed by atoms with Gasteiger partial charge in [-0.1, -0.05) is 18.7 Å². The first kappa shape index (κ1) is 13.7. The number of aliphatic carboxylic acids is 1. The van der Waals surface area contributed by atoms with Gasteiger partial charge >= 0.3 is 5.97 Å². The number of carboxylic acids is 1. The van der Waals surface area contributed by atoms with Crippen LogP contribution >= 0.6 is 11.8 Å². The number of aromatic nitrogens is 2. The summed E-state index contributed by atoms with van der Waals surface area (Å²) in [7, 11) is 0. The fourth-order valence-corrected chi connectivity index (χ4v) is 2.18. The summed E-state index contributed by atoms with van der Waals surface area (Å²) in [6.45, 7) is 4.00. The van der Waals surface area contributed by atoms with Crippen LogP contribution in [0.2, 0.25) is 0 Å². The lowest BCUT2D eigenvalue weighted by atomic mass is 10.1. The Balaban J connectivity index is 2.70. The van der Waals surface area contributed by atoms with Crippen LogP contribution in [0.4, 0.5) is 0 Å². The van der Waals surface area contributed by atoms with Gasteiger partial charge in [-0.3, -0.25) is 9.59 Å². The molecule has 0 aromatic carbocycles. The molecular weight excluding hydrogens is 242 g/mol. The molecule has 1 atom stereocenters. The number of nitrogens with zero attached hydrogens (tertiary/aromatic N) is 1. The molecule has 3 N–H and O–H groups in total. The summed E-state index contributed by atoms with van der Waals surface area (Å²) in [5.74, 6) is -0.645. The summed E-state index contributed by atoms with van der Waals surface area (Å²) >= 11 is 1.20. The third kappa shape index (κ3) is 3.86. The van der Waals surface area contributed by atoms with E-state index < -0.39 is 11.5 Å². The molecule has 7 heteroatoms. The van der Waals surface area contributed by atoms with E-state index in [-0.39, 0.29) is 11.3 Å². The van der Waals surface area contributed by atoms with Crippen LogP contribution in [0, 0.1) is 0 Å². The van der Waals surface area contributed by atoms with Gasteiger partial charge in [0.2, 0.25) is 0 Å². The third-order valence-electron chi connectivity index (χ3n) is 2.18. The minimum absolute atomic E-state index is 0.247. The zero-order valence-electron chi connectivity index (χ0n) is 9.69. The molecule has 0 aliphatic heterocycles. The molecule has 1 aromatic heterocycles. The first-order chi connectivity index (χ1) is 7.98. The van der Waals surface area contributed by atoms with Gasteiger partial charge in [0.15, 0.2) is 5.16 Å². The van der Waals surface area contributed by atoms with Crippen LogP contribution in [0.25, 0.3) is 0 Å². The molecule has 0 amide bonds. The Kier molecular flexibility index (Phi) is 4.71. The maximum absolute atomic E-state index is 11.1. The zero-order chi connectivity index (χ0) is 12.9. The summed E-state index contributed by atoms with van der Waals surface area (Å²) in [5.41, 5.74) is -1.28. The zero-order valence-corrected chi connectivity index (χ0v) is 10.5. The average Bonchev–Trinajstić information content (AvgIpc) is 2.27. The molecule has 6 nitrogen and oxygen atoms in total. The molecule has 0 aliphatic rings. The van der Waals surface area contributed by atoms with Gasteiger partial charge in [0.1, 0.15) is 5.54 Å². The number of H-pyrrole nitrogens is 1. The minimum atomic E-state index is -1.03. The molecule has 94 valence electrons. The van der Waals surface area contributed by atoms with Crippen molar-refractivity contribution in [1.82, 2.24) is 15.3 Å². The quantitative estimate of drug-likeness (QED) is 0.501. The van der Waals surface area contributed by atoms with Crippen molar-refractivity contribution in [2.45, 2.75) is 24.5 Å². The molecule has 0 saturated carbocycles. The molecule has 1 heterocycles. The number of rotatable bonds is 6. The van der Waals surface area contributed by atoms with Crippen molar-refractivity contribution in [2.75, 3.05) is 12.3 Å². The fraction of sp³-hybridized carbons (Fsp3) is 0.500. The highest BCUT2D eigenvalue weighted by Crippen LogP contribution is 2.18. The van der Waals surface area contributed by atoms with E-state index in [9.17, 15) is 9.59 Å². The van der Waals surface area contributed by atoms with Crippen LogP contribution in [0.1, 0.15) is 13.8 Å². The van der Waals surface area contributed by atoms with Gasteiger partial charge in [-0.05, 0) is 13.5 Å².